The van der Waals surface area contributed by atoms with E-state index in [1.165, 1.54) is 0 Å². The maximum Gasteiger partial charge on any atom is 0.295 e. The van der Waals surface area contributed by atoms with Crippen molar-refractivity contribution in [2.45, 2.75) is 59.9 Å². The Bertz CT molecular complexity index is 1120. The molecule has 1 aliphatic rings. The number of carbonyl (C=O) groups excluding carboxylic acids is 2. The van der Waals surface area contributed by atoms with E-state index in [0.717, 1.165) is 55.0 Å². The number of likely N-dealkylation sites (N-methyl/N-ethyl adjacent to an activating group) is 1. The number of Topliss-reactive ketones (excluding diaryl/α,β-unsaturated/α-hetero) is 1. The highest BCUT2D eigenvalue weighted by molar-refractivity contribution is 6.46. The predicted octanol–water partition coefficient (Wildman–Crippen LogP) is 5.73. The molecule has 38 heavy (non-hydrogen) atoms. The van der Waals surface area contributed by atoms with Gasteiger partial charge in [0, 0.05) is 18.7 Å². The Hall–Kier alpha value is -3.32. The maximum atomic E-state index is 13.4. The van der Waals surface area contributed by atoms with Crippen molar-refractivity contribution in [3.8, 4) is 11.5 Å². The van der Waals surface area contributed by atoms with Crippen molar-refractivity contribution in [1.82, 2.24) is 9.80 Å². The van der Waals surface area contributed by atoms with Crippen molar-refractivity contribution < 1.29 is 24.2 Å². The van der Waals surface area contributed by atoms with Gasteiger partial charge in [0.1, 0.15) is 17.3 Å². The molecule has 0 aliphatic carbocycles. The SMILES string of the molecule is CCCCCOc1ccc(C2/C(=C(\O)c3ccc(OCC)c(C)c3)C(=O)C(=O)N2CCN(CC)CC)cc1. The molecule has 206 valence electrons. The van der Waals surface area contributed by atoms with Gasteiger partial charge in [-0.25, -0.2) is 0 Å². The van der Waals surface area contributed by atoms with E-state index in [2.05, 4.69) is 25.7 Å². The fourth-order valence-corrected chi connectivity index (χ4v) is 4.80. The predicted molar refractivity (Wildman–Crippen MR) is 151 cm³/mol. The van der Waals surface area contributed by atoms with Crippen LogP contribution >= 0.6 is 0 Å². The van der Waals surface area contributed by atoms with Gasteiger partial charge in [0.2, 0.25) is 0 Å². The molecule has 2 aromatic rings. The number of aliphatic hydroxyl groups excluding tert-OH is 1. The molecule has 7 heteroatoms. The van der Waals surface area contributed by atoms with E-state index in [1.54, 1.807) is 23.1 Å². The van der Waals surface area contributed by atoms with Gasteiger partial charge in [0.15, 0.2) is 0 Å². The van der Waals surface area contributed by atoms with Crippen LogP contribution in [0.3, 0.4) is 0 Å². The van der Waals surface area contributed by atoms with E-state index in [0.29, 0.717) is 31.9 Å². The number of likely N-dealkylation sites (tertiary alicyclic amines) is 1. The van der Waals surface area contributed by atoms with Crippen LogP contribution in [0.1, 0.15) is 69.7 Å². The fraction of sp³-hybridized carbons (Fsp3) is 0.484. The molecular weight excluding hydrogens is 480 g/mol. The van der Waals surface area contributed by atoms with E-state index >= 15 is 0 Å². The van der Waals surface area contributed by atoms with Crippen LogP contribution in [0.2, 0.25) is 0 Å². The molecule has 7 nitrogen and oxygen atoms in total. The Kier molecular flexibility index (Phi) is 10.8. The van der Waals surface area contributed by atoms with E-state index in [9.17, 15) is 14.7 Å². The number of unbranched alkanes of at least 4 members (excludes halogenated alkanes) is 2. The highest BCUT2D eigenvalue weighted by Gasteiger charge is 2.46. The average molecular weight is 523 g/mol. The van der Waals surface area contributed by atoms with Gasteiger partial charge in [-0.1, -0.05) is 45.7 Å². The Morgan fingerprint density at radius 3 is 2.29 bits per heavy atom. The van der Waals surface area contributed by atoms with Gasteiger partial charge >= 0.3 is 0 Å². The van der Waals surface area contributed by atoms with Crippen molar-refractivity contribution in [2.75, 3.05) is 39.4 Å². The minimum Gasteiger partial charge on any atom is -0.507 e. The number of aliphatic hydroxyl groups is 1. The molecule has 1 aliphatic heterocycles. The lowest BCUT2D eigenvalue weighted by molar-refractivity contribution is -0.140. The molecular formula is C31H42N2O5. The number of nitrogens with zero attached hydrogens (tertiary/aromatic N) is 2. The summed E-state index contributed by atoms with van der Waals surface area (Å²) in [4.78, 5) is 30.4. The zero-order valence-corrected chi connectivity index (χ0v) is 23.5. The zero-order valence-electron chi connectivity index (χ0n) is 23.5. The normalized spacial score (nSPS) is 16.9. The lowest BCUT2D eigenvalue weighted by Gasteiger charge is -2.28. The third-order valence-electron chi connectivity index (χ3n) is 7.05. The molecule has 1 heterocycles. The fourth-order valence-electron chi connectivity index (χ4n) is 4.80. The van der Waals surface area contributed by atoms with Gasteiger partial charge in [-0.2, -0.15) is 0 Å². The van der Waals surface area contributed by atoms with Crippen LogP contribution in [-0.2, 0) is 9.59 Å². The first-order valence-corrected chi connectivity index (χ1v) is 13.8. The van der Waals surface area contributed by atoms with Crippen LogP contribution in [-0.4, -0.2) is 66.0 Å². The van der Waals surface area contributed by atoms with Crippen LogP contribution in [0.5, 0.6) is 11.5 Å². The van der Waals surface area contributed by atoms with Crippen molar-refractivity contribution in [3.05, 3.63) is 64.7 Å². The van der Waals surface area contributed by atoms with Crippen molar-refractivity contribution in [3.63, 3.8) is 0 Å². The van der Waals surface area contributed by atoms with Crippen molar-refractivity contribution in [1.29, 1.82) is 0 Å². The van der Waals surface area contributed by atoms with E-state index in [4.69, 9.17) is 9.47 Å². The number of hydrogen-bond donors (Lipinski definition) is 1. The Morgan fingerprint density at radius 2 is 1.68 bits per heavy atom. The first kappa shape index (κ1) is 29.2. The molecule has 0 radical (unpaired) electrons. The van der Waals surface area contributed by atoms with Crippen molar-refractivity contribution in [2.24, 2.45) is 0 Å². The summed E-state index contributed by atoms with van der Waals surface area (Å²) in [5, 5.41) is 11.4. The minimum atomic E-state index is -0.688. The molecule has 1 unspecified atom stereocenters. The summed E-state index contributed by atoms with van der Waals surface area (Å²) in [6, 6.07) is 12.1. The average Bonchev–Trinajstić information content (AvgIpc) is 3.18. The third kappa shape index (κ3) is 6.76. The molecule has 3 rings (SSSR count). The second-order valence-electron chi connectivity index (χ2n) is 9.56. The van der Waals surface area contributed by atoms with Crippen LogP contribution in [0.4, 0.5) is 0 Å². The number of amides is 1. The van der Waals surface area contributed by atoms with E-state index in [-0.39, 0.29) is 11.3 Å². The number of hydrogen-bond acceptors (Lipinski definition) is 6. The van der Waals surface area contributed by atoms with Gasteiger partial charge in [-0.3, -0.25) is 9.59 Å². The van der Waals surface area contributed by atoms with Gasteiger partial charge in [0.25, 0.3) is 11.7 Å². The summed E-state index contributed by atoms with van der Waals surface area (Å²) in [6.07, 6.45) is 3.23. The summed E-state index contributed by atoms with van der Waals surface area (Å²) in [5.41, 5.74) is 2.19. The number of aryl methyl sites for hydroxylation is 1. The number of carbonyl (C=O) groups is 2. The molecule has 0 bridgehead atoms. The second-order valence-corrected chi connectivity index (χ2v) is 9.56. The molecule has 0 spiro atoms. The molecule has 1 saturated heterocycles. The van der Waals surface area contributed by atoms with Crippen LogP contribution in [0.25, 0.3) is 5.76 Å². The minimum absolute atomic E-state index is 0.106. The summed E-state index contributed by atoms with van der Waals surface area (Å²) < 4.78 is 11.5. The first-order valence-electron chi connectivity index (χ1n) is 13.8. The highest BCUT2D eigenvalue weighted by Crippen LogP contribution is 2.40. The van der Waals surface area contributed by atoms with Gasteiger partial charge in [0.05, 0.1) is 24.8 Å². The molecule has 1 N–H and O–H groups in total. The number of benzene rings is 2. The monoisotopic (exact) mass is 522 g/mol. The first-order chi connectivity index (χ1) is 18.4. The lowest BCUT2D eigenvalue weighted by atomic mass is 9.94. The molecule has 1 fully saturated rings. The summed E-state index contributed by atoms with van der Waals surface area (Å²) in [5.74, 6) is 0.0244. The van der Waals surface area contributed by atoms with Crippen LogP contribution in [0, 0.1) is 6.92 Å². The number of rotatable bonds is 14. The molecule has 0 saturated carbocycles. The molecule has 1 amide bonds. The Balaban J connectivity index is 2.00. The van der Waals surface area contributed by atoms with Gasteiger partial charge in [-0.05, 0) is 74.8 Å². The maximum absolute atomic E-state index is 13.4. The van der Waals surface area contributed by atoms with E-state index in [1.807, 2.05) is 38.1 Å². The highest BCUT2D eigenvalue weighted by atomic mass is 16.5. The third-order valence-corrected chi connectivity index (χ3v) is 7.05. The smallest absolute Gasteiger partial charge is 0.295 e. The van der Waals surface area contributed by atoms with Crippen LogP contribution in [0.15, 0.2) is 48.0 Å². The second kappa shape index (κ2) is 14.0. The molecule has 0 aromatic heterocycles. The largest absolute Gasteiger partial charge is 0.507 e. The number of ketones is 1. The topological polar surface area (TPSA) is 79.3 Å². The lowest BCUT2D eigenvalue weighted by Crippen LogP contribution is -2.38. The Morgan fingerprint density at radius 1 is 0.974 bits per heavy atom. The van der Waals surface area contributed by atoms with Crippen molar-refractivity contribution >= 4 is 17.4 Å². The standard InChI is InChI=1S/C31H42N2O5/c1-6-10-11-20-38-25-15-12-23(13-16-25)28-27(29(34)24-14-17-26(37-9-4)22(5)21-24)30(35)31(36)33(28)19-18-32(7-2)8-3/h12-17,21,28,34H,6-11,18-20H2,1-5H3/b29-27+. The Labute approximate surface area is 227 Å². The quantitative estimate of drug-likeness (QED) is 0.148. The summed E-state index contributed by atoms with van der Waals surface area (Å²) >= 11 is 0. The van der Waals surface area contributed by atoms with Crippen LogP contribution < -0.4 is 9.47 Å². The molecule has 1 atom stereocenters. The number of ether oxygens (including phenoxy) is 2. The summed E-state index contributed by atoms with van der Waals surface area (Å²) in [6.45, 7) is 14.0. The molecule has 2 aromatic carbocycles. The van der Waals surface area contributed by atoms with E-state index < -0.39 is 17.7 Å². The zero-order chi connectivity index (χ0) is 27.7. The van der Waals surface area contributed by atoms with Gasteiger partial charge in [-0.15, -0.1) is 0 Å². The van der Waals surface area contributed by atoms with Gasteiger partial charge < -0.3 is 24.4 Å². The summed E-state index contributed by atoms with van der Waals surface area (Å²) in [7, 11) is 0.